The number of hydrogen-bond donors (Lipinski definition) is 0. The highest BCUT2D eigenvalue weighted by Gasteiger charge is 2.51. The molecule has 0 aromatic carbocycles. The Hall–Kier alpha value is -1.20. The van der Waals surface area contributed by atoms with Crippen molar-refractivity contribution in [1.82, 2.24) is 0 Å². The van der Waals surface area contributed by atoms with Gasteiger partial charge in [-0.25, -0.2) is 0 Å². The maximum atomic E-state index is 12.1. The minimum absolute atomic E-state index is 0.270. The van der Waals surface area contributed by atoms with E-state index in [1.165, 1.54) is 13.8 Å². The third-order valence-electron chi connectivity index (χ3n) is 4.52. The van der Waals surface area contributed by atoms with Crippen molar-refractivity contribution in [1.29, 1.82) is 0 Å². The van der Waals surface area contributed by atoms with Crippen LogP contribution in [-0.2, 0) is 14.3 Å². The van der Waals surface area contributed by atoms with Crippen molar-refractivity contribution < 1.29 is 24.2 Å². The first-order valence-electron chi connectivity index (χ1n) is 9.67. The van der Waals surface area contributed by atoms with E-state index in [0.717, 1.165) is 23.5 Å². The van der Waals surface area contributed by atoms with Gasteiger partial charge in [0.25, 0.3) is 0 Å². The lowest BCUT2D eigenvalue weighted by Gasteiger charge is -2.46. The van der Waals surface area contributed by atoms with Crippen LogP contribution in [0.25, 0.3) is 0 Å². The normalized spacial score (nSPS) is 17.6. The Labute approximate surface area is 180 Å². The molecular formula is C18H32N2O7S2. The van der Waals surface area contributed by atoms with Gasteiger partial charge in [-0.1, -0.05) is 64.1 Å². The molecule has 0 aliphatic rings. The monoisotopic (exact) mass is 452 g/mol. The fourth-order valence-electron chi connectivity index (χ4n) is 3.34. The molecule has 0 bridgehead atoms. The molecule has 0 rings (SSSR count). The van der Waals surface area contributed by atoms with E-state index in [9.17, 15) is 29.8 Å². The summed E-state index contributed by atoms with van der Waals surface area (Å²) in [7, 11) is 0. The van der Waals surface area contributed by atoms with Gasteiger partial charge in [0.05, 0.1) is 11.8 Å². The second kappa shape index (κ2) is 12.5. The molecule has 0 spiro atoms. The van der Waals surface area contributed by atoms with Crippen molar-refractivity contribution in [2.75, 3.05) is 13.1 Å². The number of hydrogen-bond acceptors (Lipinski definition) is 9. The quantitative estimate of drug-likeness (QED) is 0.214. The summed E-state index contributed by atoms with van der Waals surface area (Å²) in [6, 6.07) is 0. The van der Waals surface area contributed by atoms with Gasteiger partial charge in [-0.2, -0.15) is 0 Å². The molecule has 9 nitrogen and oxygen atoms in total. The van der Waals surface area contributed by atoms with Gasteiger partial charge in [0.15, 0.2) is 10.2 Å². The Bertz CT molecular complexity index is 555. The Morgan fingerprint density at radius 2 is 1.17 bits per heavy atom. The lowest BCUT2D eigenvalue weighted by molar-refractivity contribution is -0.495. The van der Waals surface area contributed by atoms with Crippen molar-refractivity contribution in [3.05, 3.63) is 20.2 Å². The smallest absolute Gasteiger partial charge is 0.210 e. The second-order valence-electron chi connectivity index (χ2n) is 7.25. The van der Waals surface area contributed by atoms with Gasteiger partial charge in [0.1, 0.15) is 9.87 Å². The van der Waals surface area contributed by atoms with Crippen molar-refractivity contribution in [2.24, 2.45) is 11.8 Å². The predicted molar refractivity (Wildman–Crippen MR) is 115 cm³/mol. The van der Waals surface area contributed by atoms with E-state index < -0.39 is 44.6 Å². The van der Waals surface area contributed by atoms with Gasteiger partial charge in [0.2, 0.25) is 13.1 Å². The van der Waals surface area contributed by atoms with E-state index in [0.29, 0.717) is 25.7 Å². The zero-order valence-electron chi connectivity index (χ0n) is 18.0. The average molecular weight is 453 g/mol. The lowest BCUT2D eigenvalue weighted by atomic mass is 9.95. The largest absolute Gasteiger partial charge is 0.345 e. The highest BCUT2D eigenvalue weighted by Crippen LogP contribution is 2.50. The van der Waals surface area contributed by atoms with Crippen molar-refractivity contribution >= 4 is 33.8 Å². The number of carbonyl (C=O) groups excluding carboxylic acids is 2. The SMILES string of the molecule is CCCC(OC(CCC)(SC(C)=O)C(C)C[N+](=O)[O-])(SC(C)=O)C(C)C[N+](=O)[O-]. The van der Waals surface area contributed by atoms with Crippen molar-refractivity contribution in [2.45, 2.75) is 77.1 Å². The predicted octanol–water partition coefficient (Wildman–Crippen LogP) is 4.38. The van der Waals surface area contributed by atoms with Gasteiger partial charge in [0, 0.05) is 23.7 Å². The van der Waals surface area contributed by atoms with Crippen molar-refractivity contribution in [3.8, 4) is 0 Å². The van der Waals surface area contributed by atoms with Crippen molar-refractivity contribution in [3.63, 3.8) is 0 Å². The minimum Gasteiger partial charge on any atom is -0.345 e. The molecular weight excluding hydrogens is 420 g/mol. The maximum Gasteiger partial charge on any atom is 0.210 e. The van der Waals surface area contributed by atoms with Crippen LogP contribution < -0.4 is 0 Å². The van der Waals surface area contributed by atoms with Crippen LogP contribution in [0.3, 0.4) is 0 Å². The molecule has 0 N–H and O–H groups in total. The molecule has 0 fully saturated rings. The van der Waals surface area contributed by atoms with Gasteiger partial charge in [-0.3, -0.25) is 29.8 Å². The molecule has 0 aliphatic carbocycles. The third-order valence-corrected chi connectivity index (χ3v) is 7.17. The minimum atomic E-state index is -1.27. The van der Waals surface area contributed by atoms with Crippen LogP contribution in [-0.4, -0.2) is 43.0 Å². The second-order valence-corrected chi connectivity index (χ2v) is 10.2. The zero-order chi connectivity index (χ0) is 22.8. The molecule has 29 heavy (non-hydrogen) atoms. The van der Waals surface area contributed by atoms with Crippen LogP contribution in [0.15, 0.2) is 0 Å². The van der Waals surface area contributed by atoms with Crippen LogP contribution in [0.1, 0.15) is 67.2 Å². The summed E-state index contributed by atoms with van der Waals surface area (Å²) in [6.45, 7) is 8.90. The average Bonchev–Trinajstić information content (AvgIpc) is 2.52. The van der Waals surface area contributed by atoms with Gasteiger partial charge in [-0.15, -0.1) is 0 Å². The standard InChI is InChI=1S/C18H32N2O7S2/c1-7-9-17(28-15(5)21,13(3)11-19(23)24)27-18(10-8-2,29-16(6)22)14(4)12-20(25)26/h13-14H,7-12H2,1-6H3. The Morgan fingerprint density at radius 3 is 1.38 bits per heavy atom. The molecule has 4 unspecified atom stereocenters. The molecule has 0 saturated carbocycles. The van der Waals surface area contributed by atoms with E-state index in [2.05, 4.69) is 0 Å². The summed E-state index contributed by atoms with van der Waals surface area (Å²) in [4.78, 5) is 43.1. The van der Waals surface area contributed by atoms with E-state index in [-0.39, 0.29) is 10.2 Å². The first-order valence-corrected chi connectivity index (χ1v) is 11.3. The van der Waals surface area contributed by atoms with Crippen LogP contribution in [0.5, 0.6) is 0 Å². The van der Waals surface area contributed by atoms with Gasteiger partial charge in [-0.05, 0) is 12.8 Å². The first-order chi connectivity index (χ1) is 13.3. The fraction of sp³-hybridized carbons (Fsp3) is 0.889. The van der Waals surface area contributed by atoms with Crippen LogP contribution in [0.4, 0.5) is 0 Å². The lowest BCUT2D eigenvalue weighted by Crippen LogP contribution is -2.51. The highest BCUT2D eigenvalue weighted by molar-refractivity contribution is 8.15. The maximum absolute atomic E-state index is 12.1. The molecule has 11 heteroatoms. The molecule has 168 valence electrons. The molecule has 0 amide bonds. The molecule has 0 aromatic heterocycles. The molecule has 4 atom stereocenters. The van der Waals surface area contributed by atoms with Crippen LogP contribution in [0.2, 0.25) is 0 Å². The van der Waals surface area contributed by atoms with E-state index >= 15 is 0 Å². The summed E-state index contributed by atoms with van der Waals surface area (Å²) in [6.07, 6.45) is 1.83. The first kappa shape index (κ1) is 27.8. The molecule has 0 aromatic rings. The van der Waals surface area contributed by atoms with Gasteiger partial charge < -0.3 is 4.74 Å². The number of thioether (sulfide) groups is 2. The molecule has 0 radical (unpaired) electrons. The Morgan fingerprint density at radius 1 is 0.862 bits per heavy atom. The van der Waals surface area contributed by atoms with Gasteiger partial charge >= 0.3 is 0 Å². The highest BCUT2D eigenvalue weighted by atomic mass is 32.2. The molecule has 0 heterocycles. The molecule has 0 saturated heterocycles. The summed E-state index contributed by atoms with van der Waals surface area (Å²) in [5.74, 6) is -1.31. The van der Waals surface area contributed by atoms with Crippen LogP contribution in [0, 0.1) is 32.1 Å². The fourth-order valence-corrected chi connectivity index (χ4v) is 5.91. The summed E-state index contributed by atoms with van der Waals surface area (Å²) in [5.41, 5.74) is 0. The summed E-state index contributed by atoms with van der Waals surface area (Å²) in [5, 5.41) is 21.9. The number of carbonyl (C=O) groups is 2. The zero-order valence-corrected chi connectivity index (χ0v) is 19.6. The number of nitrogens with zero attached hydrogens (tertiary/aromatic N) is 2. The summed E-state index contributed by atoms with van der Waals surface area (Å²) < 4.78 is 6.53. The van der Waals surface area contributed by atoms with E-state index in [1.54, 1.807) is 13.8 Å². The topological polar surface area (TPSA) is 130 Å². The Kier molecular flexibility index (Phi) is 12.0. The Balaban J connectivity index is 6.47. The van der Waals surface area contributed by atoms with Crippen LogP contribution >= 0.6 is 23.5 Å². The molecule has 0 aliphatic heterocycles. The number of ether oxygens (including phenoxy) is 1. The van der Waals surface area contributed by atoms with E-state index in [4.69, 9.17) is 4.74 Å². The number of rotatable bonds is 14. The summed E-state index contributed by atoms with van der Waals surface area (Å²) >= 11 is 1.76. The third kappa shape index (κ3) is 9.00. The number of nitro groups is 2. The van der Waals surface area contributed by atoms with E-state index in [1.807, 2.05) is 13.8 Å².